The summed E-state index contributed by atoms with van der Waals surface area (Å²) in [6, 6.07) is 4.77. The molecule has 0 N–H and O–H groups in total. The summed E-state index contributed by atoms with van der Waals surface area (Å²) in [6.07, 6.45) is 5.29. The Kier molecular flexibility index (Phi) is 2.28. The summed E-state index contributed by atoms with van der Waals surface area (Å²) < 4.78 is 2.21. The van der Waals surface area contributed by atoms with E-state index in [2.05, 4.69) is 54.8 Å². The molecule has 0 aromatic carbocycles. The van der Waals surface area contributed by atoms with Crippen molar-refractivity contribution in [2.24, 2.45) is 0 Å². The standard InChI is InChI=1S/C12H16N2/c1-4-11-6-5-10-7-14(9(2)3)8-12(10)13-11/h5-9H,4H2,1-3H3. The zero-order chi connectivity index (χ0) is 10.1. The van der Waals surface area contributed by atoms with Crippen LogP contribution < -0.4 is 0 Å². The third-order valence-corrected chi connectivity index (χ3v) is 2.53. The first-order valence-electron chi connectivity index (χ1n) is 5.18. The summed E-state index contributed by atoms with van der Waals surface area (Å²) in [5.74, 6) is 0. The van der Waals surface area contributed by atoms with Crippen LogP contribution in [0.15, 0.2) is 24.5 Å². The summed E-state index contributed by atoms with van der Waals surface area (Å²) in [5.41, 5.74) is 2.28. The number of fused-ring (bicyclic) bond motifs is 1. The Balaban J connectivity index is 2.54. The predicted molar refractivity (Wildman–Crippen MR) is 59.5 cm³/mol. The van der Waals surface area contributed by atoms with Crippen LogP contribution in [0.1, 0.15) is 32.5 Å². The molecule has 2 aromatic heterocycles. The van der Waals surface area contributed by atoms with E-state index in [1.807, 2.05) is 0 Å². The van der Waals surface area contributed by atoms with Gasteiger partial charge in [0.15, 0.2) is 0 Å². The van der Waals surface area contributed by atoms with Gasteiger partial charge in [-0.25, -0.2) is 0 Å². The van der Waals surface area contributed by atoms with Gasteiger partial charge in [0.25, 0.3) is 0 Å². The molecule has 0 aliphatic rings. The third-order valence-electron chi connectivity index (χ3n) is 2.53. The van der Waals surface area contributed by atoms with Crippen LogP contribution in [0.3, 0.4) is 0 Å². The molecule has 14 heavy (non-hydrogen) atoms. The highest BCUT2D eigenvalue weighted by Crippen LogP contribution is 2.17. The fourth-order valence-electron chi connectivity index (χ4n) is 1.57. The second-order valence-electron chi connectivity index (χ2n) is 3.93. The van der Waals surface area contributed by atoms with Crippen molar-refractivity contribution < 1.29 is 0 Å². The molecule has 74 valence electrons. The molecule has 0 aliphatic heterocycles. The molecule has 2 heterocycles. The maximum absolute atomic E-state index is 4.58. The molecule has 0 bridgehead atoms. The van der Waals surface area contributed by atoms with E-state index < -0.39 is 0 Å². The van der Waals surface area contributed by atoms with E-state index >= 15 is 0 Å². The molecule has 2 heteroatoms. The zero-order valence-electron chi connectivity index (χ0n) is 8.99. The van der Waals surface area contributed by atoms with E-state index in [1.54, 1.807) is 0 Å². The van der Waals surface area contributed by atoms with Crippen LogP contribution in [0.25, 0.3) is 10.9 Å². The first-order valence-corrected chi connectivity index (χ1v) is 5.18. The van der Waals surface area contributed by atoms with Crippen LogP contribution in [0.2, 0.25) is 0 Å². The summed E-state index contributed by atoms with van der Waals surface area (Å²) in [6.45, 7) is 6.49. The predicted octanol–water partition coefficient (Wildman–Crippen LogP) is 3.18. The number of aromatic nitrogens is 2. The van der Waals surface area contributed by atoms with Gasteiger partial charge in [0.1, 0.15) is 0 Å². The van der Waals surface area contributed by atoms with Gasteiger partial charge in [-0.05, 0) is 32.4 Å². The van der Waals surface area contributed by atoms with E-state index in [1.165, 1.54) is 11.1 Å². The molecule has 0 fully saturated rings. The number of rotatable bonds is 2. The van der Waals surface area contributed by atoms with Crippen molar-refractivity contribution in [3.63, 3.8) is 0 Å². The first-order chi connectivity index (χ1) is 6.70. The van der Waals surface area contributed by atoms with E-state index in [0.717, 1.165) is 11.9 Å². The molecule has 2 aromatic rings. The highest BCUT2D eigenvalue weighted by molar-refractivity contribution is 5.78. The molecule has 0 saturated carbocycles. The van der Waals surface area contributed by atoms with Gasteiger partial charge >= 0.3 is 0 Å². The second kappa shape index (κ2) is 3.45. The van der Waals surface area contributed by atoms with Crippen molar-refractivity contribution >= 4 is 10.9 Å². The number of hydrogen-bond acceptors (Lipinski definition) is 1. The number of nitrogens with zero attached hydrogens (tertiary/aromatic N) is 2. The normalized spacial score (nSPS) is 11.4. The fraction of sp³-hybridized carbons (Fsp3) is 0.417. The lowest BCUT2D eigenvalue weighted by molar-refractivity contribution is 0.605. The molecular weight excluding hydrogens is 172 g/mol. The van der Waals surface area contributed by atoms with Gasteiger partial charge < -0.3 is 4.57 Å². The minimum atomic E-state index is 0.509. The van der Waals surface area contributed by atoms with Crippen molar-refractivity contribution in [1.82, 2.24) is 9.55 Å². The van der Waals surface area contributed by atoms with Crippen molar-refractivity contribution in [3.8, 4) is 0 Å². The van der Waals surface area contributed by atoms with Crippen molar-refractivity contribution in [2.45, 2.75) is 33.2 Å². The molecule has 2 rings (SSSR count). The lowest BCUT2D eigenvalue weighted by Gasteiger charge is -2.04. The maximum atomic E-state index is 4.58. The average molecular weight is 188 g/mol. The third kappa shape index (κ3) is 1.52. The quantitative estimate of drug-likeness (QED) is 0.707. The lowest BCUT2D eigenvalue weighted by Crippen LogP contribution is -1.95. The molecule has 0 saturated heterocycles. The summed E-state index contributed by atoms with van der Waals surface area (Å²) >= 11 is 0. The van der Waals surface area contributed by atoms with Gasteiger partial charge in [-0.2, -0.15) is 0 Å². The minimum absolute atomic E-state index is 0.509. The van der Waals surface area contributed by atoms with Crippen LogP contribution in [0, 0.1) is 0 Å². The molecule has 0 amide bonds. The Hall–Kier alpha value is -1.31. The van der Waals surface area contributed by atoms with E-state index in [-0.39, 0.29) is 0 Å². The van der Waals surface area contributed by atoms with E-state index in [4.69, 9.17) is 0 Å². The SMILES string of the molecule is CCc1ccc2cn(C(C)C)cc2n1. The highest BCUT2D eigenvalue weighted by Gasteiger charge is 2.02. The zero-order valence-corrected chi connectivity index (χ0v) is 8.99. The van der Waals surface area contributed by atoms with Crippen molar-refractivity contribution in [1.29, 1.82) is 0 Å². The smallest absolute Gasteiger partial charge is 0.0881 e. The molecule has 0 atom stereocenters. The maximum Gasteiger partial charge on any atom is 0.0881 e. The first kappa shape index (κ1) is 9.25. The van der Waals surface area contributed by atoms with Crippen LogP contribution in [0.4, 0.5) is 0 Å². The minimum Gasteiger partial charge on any atom is -0.349 e. The van der Waals surface area contributed by atoms with Gasteiger partial charge in [-0.1, -0.05) is 6.92 Å². The van der Waals surface area contributed by atoms with Gasteiger partial charge in [-0.15, -0.1) is 0 Å². The second-order valence-corrected chi connectivity index (χ2v) is 3.93. The van der Waals surface area contributed by atoms with E-state index in [9.17, 15) is 0 Å². The largest absolute Gasteiger partial charge is 0.349 e. The molecule has 0 unspecified atom stereocenters. The van der Waals surface area contributed by atoms with Crippen LogP contribution >= 0.6 is 0 Å². The summed E-state index contributed by atoms with van der Waals surface area (Å²) in [7, 11) is 0. The van der Waals surface area contributed by atoms with Crippen LogP contribution in [-0.2, 0) is 6.42 Å². The summed E-state index contributed by atoms with van der Waals surface area (Å²) in [4.78, 5) is 4.58. The van der Waals surface area contributed by atoms with Gasteiger partial charge in [0.2, 0.25) is 0 Å². The Labute approximate surface area is 84.6 Å². The average Bonchev–Trinajstić information content (AvgIpc) is 2.59. The lowest BCUT2D eigenvalue weighted by atomic mass is 10.2. The monoisotopic (exact) mass is 188 g/mol. The Bertz CT molecular complexity index is 441. The Morgan fingerprint density at radius 2 is 2.07 bits per heavy atom. The van der Waals surface area contributed by atoms with Crippen molar-refractivity contribution in [3.05, 3.63) is 30.2 Å². The highest BCUT2D eigenvalue weighted by atomic mass is 15.0. The van der Waals surface area contributed by atoms with Crippen LogP contribution in [-0.4, -0.2) is 9.55 Å². The fourth-order valence-corrected chi connectivity index (χ4v) is 1.57. The Morgan fingerprint density at radius 3 is 2.71 bits per heavy atom. The number of pyridine rings is 1. The molecular formula is C12H16N2. The number of hydrogen-bond donors (Lipinski definition) is 0. The Morgan fingerprint density at radius 1 is 1.29 bits per heavy atom. The van der Waals surface area contributed by atoms with Gasteiger partial charge in [-0.3, -0.25) is 4.98 Å². The van der Waals surface area contributed by atoms with E-state index in [0.29, 0.717) is 6.04 Å². The van der Waals surface area contributed by atoms with Gasteiger partial charge in [0.05, 0.1) is 5.52 Å². The topological polar surface area (TPSA) is 17.8 Å². The summed E-state index contributed by atoms with van der Waals surface area (Å²) in [5, 5.41) is 1.23. The molecule has 0 radical (unpaired) electrons. The van der Waals surface area contributed by atoms with Crippen LogP contribution in [0.5, 0.6) is 0 Å². The molecule has 2 nitrogen and oxygen atoms in total. The number of aryl methyl sites for hydroxylation is 1. The van der Waals surface area contributed by atoms with Crippen molar-refractivity contribution in [2.75, 3.05) is 0 Å². The van der Waals surface area contributed by atoms with Gasteiger partial charge in [0, 0.05) is 29.5 Å². The molecule has 0 spiro atoms. The molecule has 0 aliphatic carbocycles.